The first-order chi connectivity index (χ1) is 11.7. The van der Waals surface area contributed by atoms with Gasteiger partial charge in [-0.15, -0.1) is 0 Å². The van der Waals surface area contributed by atoms with Crippen LogP contribution in [0.3, 0.4) is 0 Å². The molecule has 0 saturated carbocycles. The Morgan fingerprint density at radius 2 is 1.67 bits per heavy atom. The van der Waals surface area contributed by atoms with Crippen LogP contribution in [0.5, 0.6) is 0 Å². The quantitative estimate of drug-likeness (QED) is 0.567. The molecule has 0 aliphatic rings. The van der Waals surface area contributed by atoms with Crippen molar-refractivity contribution in [1.29, 1.82) is 0 Å². The molecule has 116 valence electrons. The molecular formula is C20H13ClN2O. The smallest absolute Gasteiger partial charge is 0.256 e. The average Bonchev–Trinajstić information content (AvgIpc) is 2.62. The van der Waals surface area contributed by atoms with Gasteiger partial charge in [-0.3, -0.25) is 9.78 Å². The maximum Gasteiger partial charge on any atom is 0.256 e. The highest BCUT2D eigenvalue weighted by molar-refractivity contribution is 6.31. The summed E-state index contributed by atoms with van der Waals surface area (Å²) in [6.07, 6.45) is 3.39. The summed E-state index contributed by atoms with van der Waals surface area (Å²) in [5, 5.41) is 1.54. The Balaban J connectivity index is 2.19. The number of halogens is 1. The van der Waals surface area contributed by atoms with E-state index in [2.05, 4.69) is 9.97 Å². The minimum Gasteiger partial charge on any atom is -0.321 e. The minimum absolute atomic E-state index is 0.142. The van der Waals surface area contributed by atoms with E-state index in [9.17, 15) is 4.79 Å². The molecule has 2 aromatic heterocycles. The fraction of sp³-hybridized carbons (Fsp3) is 0. The molecule has 0 spiro atoms. The first-order valence-electron chi connectivity index (χ1n) is 7.55. The van der Waals surface area contributed by atoms with E-state index in [0.29, 0.717) is 10.6 Å². The van der Waals surface area contributed by atoms with E-state index in [4.69, 9.17) is 11.6 Å². The molecule has 2 aromatic carbocycles. The van der Waals surface area contributed by atoms with Gasteiger partial charge in [-0.25, -0.2) is 0 Å². The van der Waals surface area contributed by atoms with Gasteiger partial charge in [-0.2, -0.15) is 0 Å². The van der Waals surface area contributed by atoms with Crippen molar-refractivity contribution in [3.8, 4) is 22.3 Å². The number of hydrogen-bond donors (Lipinski definition) is 1. The Hall–Kier alpha value is -2.91. The normalized spacial score (nSPS) is 10.9. The predicted octanol–water partition coefficient (Wildman–Crippen LogP) is 4.91. The Morgan fingerprint density at radius 1 is 0.875 bits per heavy atom. The highest BCUT2D eigenvalue weighted by atomic mass is 35.5. The molecular weight excluding hydrogens is 320 g/mol. The van der Waals surface area contributed by atoms with Crippen LogP contribution >= 0.6 is 11.6 Å². The van der Waals surface area contributed by atoms with Gasteiger partial charge in [-0.05, 0) is 29.8 Å². The summed E-state index contributed by atoms with van der Waals surface area (Å²) in [7, 11) is 0. The number of fused-ring (bicyclic) bond motifs is 1. The van der Waals surface area contributed by atoms with Crippen LogP contribution in [-0.4, -0.2) is 9.97 Å². The summed E-state index contributed by atoms with van der Waals surface area (Å²) in [6.45, 7) is 0. The summed E-state index contributed by atoms with van der Waals surface area (Å²) < 4.78 is 0. The monoisotopic (exact) mass is 332 g/mol. The lowest BCUT2D eigenvalue weighted by Crippen LogP contribution is -2.11. The van der Waals surface area contributed by atoms with Gasteiger partial charge in [0.25, 0.3) is 5.56 Å². The van der Waals surface area contributed by atoms with Crippen LogP contribution in [0.4, 0.5) is 0 Å². The number of aromatic amines is 1. The molecule has 3 nitrogen and oxygen atoms in total. The van der Waals surface area contributed by atoms with Crippen molar-refractivity contribution in [1.82, 2.24) is 9.97 Å². The van der Waals surface area contributed by atoms with E-state index in [1.165, 1.54) is 0 Å². The van der Waals surface area contributed by atoms with Gasteiger partial charge in [0.2, 0.25) is 0 Å². The number of pyridine rings is 2. The number of nitrogens with zero attached hydrogens (tertiary/aromatic N) is 1. The fourth-order valence-corrected chi connectivity index (χ4v) is 3.13. The third-order valence-electron chi connectivity index (χ3n) is 3.99. The van der Waals surface area contributed by atoms with Crippen LogP contribution in [0.1, 0.15) is 0 Å². The summed E-state index contributed by atoms with van der Waals surface area (Å²) in [5.74, 6) is 0. The number of nitrogens with one attached hydrogen (secondary N) is 1. The van der Waals surface area contributed by atoms with Crippen molar-refractivity contribution in [3.05, 3.63) is 88.4 Å². The molecule has 0 aliphatic heterocycles. The molecule has 0 atom stereocenters. The zero-order valence-corrected chi connectivity index (χ0v) is 13.4. The number of aromatic nitrogens is 2. The van der Waals surface area contributed by atoms with Crippen LogP contribution in [-0.2, 0) is 0 Å². The molecule has 0 bridgehead atoms. The molecule has 0 amide bonds. The van der Waals surface area contributed by atoms with Crippen molar-refractivity contribution < 1.29 is 0 Å². The predicted molar refractivity (Wildman–Crippen MR) is 98.2 cm³/mol. The maximum atomic E-state index is 12.8. The van der Waals surface area contributed by atoms with Gasteiger partial charge in [0.05, 0.1) is 5.56 Å². The standard InChI is InChI=1S/C20H13ClN2O/c21-15-8-9-17-16(11-15)18(13-5-2-1-3-6-13)19(20(24)23-17)14-7-4-10-22-12-14/h1-12H,(H,23,24). The SMILES string of the molecule is O=c1[nH]c2ccc(Cl)cc2c(-c2ccccc2)c1-c1cccnc1. The molecule has 4 aromatic rings. The second-order valence-corrected chi connectivity index (χ2v) is 5.94. The van der Waals surface area contributed by atoms with Crippen molar-refractivity contribution in [2.24, 2.45) is 0 Å². The largest absolute Gasteiger partial charge is 0.321 e. The summed E-state index contributed by atoms with van der Waals surface area (Å²) in [6, 6.07) is 19.1. The van der Waals surface area contributed by atoms with E-state index in [-0.39, 0.29) is 5.56 Å². The van der Waals surface area contributed by atoms with Crippen LogP contribution in [0.15, 0.2) is 77.9 Å². The lowest BCUT2D eigenvalue weighted by molar-refractivity contribution is 1.28. The van der Waals surface area contributed by atoms with E-state index in [1.54, 1.807) is 18.5 Å². The van der Waals surface area contributed by atoms with Gasteiger partial charge in [0, 0.05) is 39.4 Å². The Bertz CT molecular complexity index is 1070. The molecule has 0 aliphatic carbocycles. The number of H-pyrrole nitrogens is 1. The Kier molecular flexibility index (Phi) is 3.63. The highest BCUT2D eigenvalue weighted by Gasteiger charge is 2.16. The van der Waals surface area contributed by atoms with Crippen LogP contribution in [0.25, 0.3) is 33.2 Å². The van der Waals surface area contributed by atoms with Crippen molar-refractivity contribution in [2.75, 3.05) is 0 Å². The van der Waals surface area contributed by atoms with E-state index < -0.39 is 0 Å². The molecule has 4 heteroatoms. The molecule has 0 radical (unpaired) electrons. The maximum absolute atomic E-state index is 12.8. The van der Waals surface area contributed by atoms with Gasteiger partial charge in [0.1, 0.15) is 0 Å². The second-order valence-electron chi connectivity index (χ2n) is 5.50. The molecule has 0 unspecified atom stereocenters. The Morgan fingerprint density at radius 3 is 2.42 bits per heavy atom. The van der Waals surface area contributed by atoms with E-state index >= 15 is 0 Å². The van der Waals surface area contributed by atoms with Crippen molar-refractivity contribution >= 4 is 22.5 Å². The van der Waals surface area contributed by atoms with Gasteiger partial charge in [0.15, 0.2) is 0 Å². The zero-order valence-electron chi connectivity index (χ0n) is 12.7. The molecule has 0 saturated heterocycles. The molecule has 24 heavy (non-hydrogen) atoms. The number of benzene rings is 2. The molecule has 1 N–H and O–H groups in total. The first-order valence-corrected chi connectivity index (χ1v) is 7.93. The van der Waals surface area contributed by atoms with Gasteiger partial charge >= 0.3 is 0 Å². The summed E-state index contributed by atoms with van der Waals surface area (Å²) in [4.78, 5) is 19.9. The number of rotatable bonds is 2. The third-order valence-corrected chi connectivity index (χ3v) is 4.22. The zero-order chi connectivity index (χ0) is 16.5. The van der Waals surface area contributed by atoms with E-state index in [1.807, 2.05) is 54.6 Å². The average molecular weight is 333 g/mol. The number of hydrogen-bond acceptors (Lipinski definition) is 2. The van der Waals surface area contributed by atoms with Gasteiger partial charge < -0.3 is 4.98 Å². The summed E-state index contributed by atoms with van der Waals surface area (Å²) >= 11 is 6.21. The van der Waals surface area contributed by atoms with Crippen molar-refractivity contribution in [3.63, 3.8) is 0 Å². The van der Waals surface area contributed by atoms with Crippen LogP contribution in [0.2, 0.25) is 5.02 Å². The molecule has 2 heterocycles. The lowest BCUT2D eigenvalue weighted by atomic mass is 9.93. The molecule has 0 fully saturated rings. The van der Waals surface area contributed by atoms with Crippen LogP contribution in [0, 0.1) is 0 Å². The highest BCUT2D eigenvalue weighted by Crippen LogP contribution is 2.35. The minimum atomic E-state index is -0.142. The van der Waals surface area contributed by atoms with E-state index in [0.717, 1.165) is 27.6 Å². The fourth-order valence-electron chi connectivity index (χ4n) is 2.96. The topological polar surface area (TPSA) is 45.8 Å². The summed E-state index contributed by atoms with van der Waals surface area (Å²) in [5.41, 5.74) is 3.83. The van der Waals surface area contributed by atoms with Gasteiger partial charge in [-0.1, -0.05) is 48.0 Å². The Labute approximate surface area is 143 Å². The second kappa shape index (κ2) is 5.95. The third kappa shape index (κ3) is 2.49. The lowest BCUT2D eigenvalue weighted by Gasteiger charge is -2.13. The first kappa shape index (κ1) is 14.7. The van der Waals surface area contributed by atoms with Crippen LogP contribution < -0.4 is 5.56 Å². The molecule has 4 rings (SSSR count). The van der Waals surface area contributed by atoms with Crippen molar-refractivity contribution in [2.45, 2.75) is 0 Å².